The molecule has 5 heteroatoms. The number of carbonyl (C=O) groups is 1. The average molecular weight is 278 g/mol. The normalized spacial score (nSPS) is 37.0. The highest BCUT2D eigenvalue weighted by Gasteiger charge is 2.48. The van der Waals surface area contributed by atoms with Crippen molar-refractivity contribution < 1.29 is 23.1 Å². The first-order chi connectivity index (χ1) is 8.89. The second kappa shape index (κ2) is 5.71. The van der Waals surface area contributed by atoms with Crippen molar-refractivity contribution >= 4 is 5.97 Å². The van der Waals surface area contributed by atoms with Crippen LogP contribution in [0.3, 0.4) is 0 Å². The maximum Gasteiger partial charge on any atom is 0.392 e. The van der Waals surface area contributed by atoms with E-state index >= 15 is 0 Å². The molecule has 2 rings (SSSR count). The number of alkyl halides is 3. The van der Waals surface area contributed by atoms with Gasteiger partial charge in [-0.1, -0.05) is 25.7 Å². The van der Waals surface area contributed by atoms with E-state index in [0.29, 0.717) is 25.7 Å². The topological polar surface area (TPSA) is 37.3 Å². The summed E-state index contributed by atoms with van der Waals surface area (Å²) in [7, 11) is 0. The molecule has 0 saturated heterocycles. The number of hydrogen-bond donors (Lipinski definition) is 1. The molecular formula is C14H21F3O2. The Morgan fingerprint density at radius 3 is 2.32 bits per heavy atom. The standard InChI is InChI=1S/C14H21F3O2/c15-14(16,17)12-7-2-1-6-11(12)9-4-3-5-10(8-9)13(18)19/h9-12H,1-8H2,(H,18,19). The van der Waals surface area contributed by atoms with Gasteiger partial charge in [-0.2, -0.15) is 13.2 Å². The third-order valence-electron chi connectivity index (χ3n) is 4.91. The van der Waals surface area contributed by atoms with Crippen molar-refractivity contribution in [3.63, 3.8) is 0 Å². The fourth-order valence-electron chi connectivity index (χ4n) is 3.97. The molecule has 0 aromatic carbocycles. The third-order valence-corrected chi connectivity index (χ3v) is 4.91. The Morgan fingerprint density at radius 1 is 1.00 bits per heavy atom. The molecule has 19 heavy (non-hydrogen) atoms. The van der Waals surface area contributed by atoms with E-state index in [9.17, 15) is 18.0 Å². The first-order valence-corrected chi connectivity index (χ1v) is 7.19. The molecule has 2 aliphatic rings. The van der Waals surface area contributed by atoms with Gasteiger partial charge in [0.2, 0.25) is 0 Å². The molecule has 0 aromatic rings. The van der Waals surface area contributed by atoms with Crippen LogP contribution in [0.2, 0.25) is 0 Å². The number of halogens is 3. The van der Waals surface area contributed by atoms with Crippen molar-refractivity contribution in [3.05, 3.63) is 0 Å². The molecule has 4 unspecified atom stereocenters. The van der Waals surface area contributed by atoms with Crippen LogP contribution in [0, 0.1) is 23.7 Å². The van der Waals surface area contributed by atoms with E-state index in [1.807, 2.05) is 0 Å². The maximum atomic E-state index is 13.1. The number of aliphatic carboxylic acids is 1. The maximum absolute atomic E-state index is 13.1. The van der Waals surface area contributed by atoms with E-state index in [0.717, 1.165) is 19.3 Å². The summed E-state index contributed by atoms with van der Waals surface area (Å²) in [6.45, 7) is 0. The molecule has 1 N–H and O–H groups in total. The lowest BCUT2D eigenvalue weighted by Crippen LogP contribution is -2.39. The second-order valence-electron chi connectivity index (χ2n) is 6.06. The Kier molecular flexibility index (Phi) is 4.41. The highest BCUT2D eigenvalue weighted by atomic mass is 19.4. The Morgan fingerprint density at radius 2 is 1.68 bits per heavy atom. The number of carboxylic acid groups (broad SMARTS) is 1. The molecular weight excluding hydrogens is 257 g/mol. The summed E-state index contributed by atoms with van der Waals surface area (Å²) in [6, 6.07) is 0. The van der Waals surface area contributed by atoms with Crippen LogP contribution in [-0.2, 0) is 4.79 Å². The van der Waals surface area contributed by atoms with Gasteiger partial charge in [-0.25, -0.2) is 0 Å². The van der Waals surface area contributed by atoms with E-state index in [1.54, 1.807) is 0 Å². The molecule has 2 fully saturated rings. The van der Waals surface area contributed by atoms with Gasteiger partial charge in [0, 0.05) is 0 Å². The van der Waals surface area contributed by atoms with Crippen molar-refractivity contribution in [2.24, 2.45) is 23.7 Å². The zero-order valence-corrected chi connectivity index (χ0v) is 11.0. The lowest BCUT2D eigenvalue weighted by molar-refractivity contribution is -0.203. The molecule has 0 amide bonds. The van der Waals surface area contributed by atoms with Gasteiger partial charge < -0.3 is 5.11 Å². The summed E-state index contributed by atoms with van der Waals surface area (Å²) in [6.07, 6.45) is 0.789. The van der Waals surface area contributed by atoms with Crippen molar-refractivity contribution in [3.8, 4) is 0 Å². The van der Waals surface area contributed by atoms with Crippen molar-refractivity contribution in [1.29, 1.82) is 0 Å². The molecule has 0 aliphatic heterocycles. The molecule has 0 bridgehead atoms. The number of carboxylic acids is 1. The molecule has 110 valence electrons. The van der Waals surface area contributed by atoms with Gasteiger partial charge in [-0.05, 0) is 37.5 Å². The van der Waals surface area contributed by atoms with Gasteiger partial charge >= 0.3 is 12.1 Å². The molecule has 0 aromatic heterocycles. The van der Waals surface area contributed by atoms with Crippen LogP contribution in [0.25, 0.3) is 0 Å². The Balaban J connectivity index is 2.07. The van der Waals surface area contributed by atoms with Gasteiger partial charge in [0.25, 0.3) is 0 Å². The third kappa shape index (κ3) is 3.42. The minimum absolute atomic E-state index is 0.0539. The van der Waals surface area contributed by atoms with Gasteiger partial charge in [-0.3, -0.25) is 4.79 Å². The molecule has 2 saturated carbocycles. The minimum Gasteiger partial charge on any atom is -0.481 e. The molecule has 0 radical (unpaired) electrons. The van der Waals surface area contributed by atoms with Crippen LogP contribution in [0.4, 0.5) is 13.2 Å². The summed E-state index contributed by atoms with van der Waals surface area (Å²) in [4.78, 5) is 11.0. The lowest BCUT2D eigenvalue weighted by Gasteiger charge is -2.41. The van der Waals surface area contributed by atoms with Crippen molar-refractivity contribution in [1.82, 2.24) is 0 Å². The van der Waals surface area contributed by atoms with Gasteiger partial charge in [-0.15, -0.1) is 0 Å². The summed E-state index contributed by atoms with van der Waals surface area (Å²) in [5.74, 6) is -2.89. The monoisotopic (exact) mass is 278 g/mol. The SMILES string of the molecule is O=C(O)C1CCCC(C2CCCCC2C(F)(F)F)C1. The van der Waals surface area contributed by atoms with E-state index < -0.39 is 24.0 Å². The predicted molar refractivity (Wildman–Crippen MR) is 64.6 cm³/mol. The van der Waals surface area contributed by atoms with Crippen LogP contribution in [0.15, 0.2) is 0 Å². The van der Waals surface area contributed by atoms with Gasteiger partial charge in [0.05, 0.1) is 11.8 Å². The highest BCUT2D eigenvalue weighted by Crippen LogP contribution is 2.48. The van der Waals surface area contributed by atoms with Crippen molar-refractivity contribution in [2.45, 2.75) is 57.5 Å². The fraction of sp³-hybridized carbons (Fsp3) is 0.929. The van der Waals surface area contributed by atoms with E-state index in [1.165, 1.54) is 0 Å². The first-order valence-electron chi connectivity index (χ1n) is 7.19. The first kappa shape index (κ1) is 14.7. The lowest BCUT2D eigenvalue weighted by atomic mass is 9.66. The van der Waals surface area contributed by atoms with Gasteiger partial charge in [0.1, 0.15) is 0 Å². The zero-order valence-electron chi connectivity index (χ0n) is 11.0. The molecule has 0 heterocycles. The van der Waals surface area contributed by atoms with Crippen LogP contribution < -0.4 is 0 Å². The molecule has 2 nitrogen and oxygen atoms in total. The number of hydrogen-bond acceptors (Lipinski definition) is 1. The van der Waals surface area contributed by atoms with Gasteiger partial charge in [0.15, 0.2) is 0 Å². The Bertz CT molecular complexity index is 327. The number of rotatable bonds is 2. The van der Waals surface area contributed by atoms with Crippen LogP contribution in [-0.4, -0.2) is 17.3 Å². The minimum atomic E-state index is -4.12. The predicted octanol–water partition coefficient (Wildman–Crippen LogP) is 4.25. The average Bonchev–Trinajstić information content (AvgIpc) is 2.38. The van der Waals surface area contributed by atoms with E-state index in [2.05, 4.69) is 0 Å². The Hall–Kier alpha value is -0.740. The van der Waals surface area contributed by atoms with Crippen LogP contribution in [0.5, 0.6) is 0 Å². The summed E-state index contributed by atoms with van der Waals surface area (Å²) < 4.78 is 39.3. The van der Waals surface area contributed by atoms with Crippen LogP contribution in [0.1, 0.15) is 51.4 Å². The summed E-state index contributed by atoms with van der Waals surface area (Å²) >= 11 is 0. The second-order valence-corrected chi connectivity index (χ2v) is 6.06. The van der Waals surface area contributed by atoms with E-state index in [-0.39, 0.29) is 18.3 Å². The zero-order chi connectivity index (χ0) is 14.0. The molecule has 2 aliphatic carbocycles. The summed E-state index contributed by atoms with van der Waals surface area (Å²) in [5.41, 5.74) is 0. The fourth-order valence-corrected chi connectivity index (χ4v) is 3.97. The largest absolute Gasteiger partial charge is 0.481 e. The Labute approximate surface area is 111 Å². The van der Waals surface area contributed by atoms with Crippen molar-refractivity contribution in [2.75, 3.05) is 0 Å². The summed E-state index contributed by atoms with van der Waals surface area (Å²) in [5, 5.41) is 9.06. The molecule has 0 spiro atoms. The highest BCUT2D eigenvalue weighted by molar-refractivity contribution is 5.70. The quantitative estimate of drug-likeness (QED) is 0.820. The van der Waals surface area contributed by atoms with E-state index in [4.69, 9.17) is 5.11 Å². The molecule has 4 atom stereocenters. The van der Waals surface area contributed by atoms with Crippen LogP contribution >= 0.6 is 0 Å². The smallest absolute Gasteiger partial charge is 0.392 e.